The van der Waals surface area contributed by atoms with E-state index in [0.29, 0.717) is 13.2 Å². The summed E-state index contributed by atoms with van der Waals surface area (Å²) >= 11 is 0. The minimum Gasteiger partial charge on any atom is -0.491 e. The van der Waals surface area contributed by atoms with Gasteiger partial charge in [0.25, 0.3) is 0 Å². The Morgan fingerprint density at radius 2 is 1.89 bits per heavy atom. The number of hydrogen-bond acceptors (Lipinski definition) is 4. The van der Waals surface area contributed by atoms with Crippen LogP contribution in [-0.2, 0) is 0 Å². The number of aliphatic hydroxyl groups is 2. The molecule has 0 saturated carbocycles. The molecule has 0 fully saturated rings. The Balaban J connectivity index is 1.99. The zero-order chi connectivity index (χ0) is 13.1. The van der Waals surface area contributed by atoms with E-state index in [2.05, 4.69) is 5.32 Å². The molecule has 0 radical (unpaired) electrons. The molecule has 1 aromatic carbocycles. The molecule has 4 nitrogen and oxygen atoms in total. The molecule has 3 N–H and O–H groups in total. The van der Waals surface area contributed by atoms with Crippen LogP contribution < -0.4 is 10.1 Å². The normalized spacial score (nSPS) is 12.3. The van der Waals surface area contributed by atoms with Crippen LogP contribution >= 0.6 is 0 Å². The van der Waals surface area contributed by atoms with E-state index in [0.717, 1.165) is 31.6 Å². The second kappa shape index (κ2) is 9.88. The van der Waals surface area contributed by atoms with Crippen LogP contribution in [0.5, 0.6) is 5.75 Å². The first kappa shape index (κ1) is 15.0. The van der Waals surface area contributed by atoms with Crippen molar-refractivity contribution in [2.24, 2.45) is 0 Å². The number of benzene rings is 1. The van der Waals surface area contributed by atoms with Crippen molar-refractivity contribution >= 4 is 0 Å². The maximum atomic E-state index is 9.69. The zero-order valence-electron chi connectivity index (χ0n) is 10.7. The fraction of sp³-hybridized carbons (Fsp3) is 0.571. The highest BCUT2D eigenvalue weighted by atomic mass is 16.5. The van der Waals surface area contributed by atoms with Gasteiger partial charge in [0.15, 0.2) is 0 Å². The molecule has 1 atom stereocenters. The summed E-state index contributed by atoms with van der Waals surface area (Å²) in [5.41, 5.74) is 0. The number of ether oxygens (including phenoxy) is 1. The van der Waals surface area contributed by atoms with E-state index in [1.54, 1.807) is 0 Å². The summed E-state index contributed by atoms with van der Waals surface area (Å²) in [7, 11) is 0. The standard InChI is InChI=1S/C14H23NO3/c16-10-6-2-5-9-15-11-13(17)12-18-14-7-3-1-4-8-14/h1,3-4,7-8,13,15-17H,2,5-6,9-12H2. The molecule has 102 valence electrons. The minimum absolute atomic E-state index is 0.257. The molecule has 0 saturated heterocycles. The average Bonchev–Trinajstić information content (AvgIpc) is 2.41. The van der Waals surface area contributed by atoms with Gasteiger partial charge in [-0.25, -0.2) is 0 Å². The number of hydrogen-bond donors (Lipinski definition) is 3. The van der Waals surface area contributed by atoms with E-state index >= 15 is 0 Å². The van der Waals surface area contributed by atoms with Gasteiger partial charge in [-0.1, -0.05) is 18.2 Å². The summed E-state index contributed by atoms with van der Waals surface area (Å²) in [5, 5.41) is 21.5. The molecule has 1 aromatic rings. The van der Waals surface area contributed by atoms with Crippen molar-refractivity contribution in [1.82, 2.24) is 5.32 Å². The zero-order valence-corrected chi connectivity index (χ0v) is 10.7. The highest BCUT2D eigenvalue weighted by Crippen LogP contribution is 2.08. The summed E-state index contributed by atoms with van der Waals surface area (Å²) in [6.07, 6.45) is 2.39. The maximum Gasteiger partial charge on any atom is 0.119 e. The molecule has 0 aromatic heterocycles. The highest BCUT2D eigenvalue weighted by molar-refractivity contribution is 5.20. The molecule has 0 aliphatic rings. The third-order valence-electron chi connectivity index (χ3n) is 2.58. The second-order valence-corrected chi connectivity index (χ2v) is 4.27. The fourth-order valence-electron chi connectivity index (χ4n) is 1.58. The summed E-state index contributed by atoms with van der Waals surface area (Å²) in [6.45, 7) is 1.95. The number of nitrogens with one attached hydrogen (secondary N) is 1. The molecule has 1 rings (SSSR count). The van der Waals surface area contributed by atoms with Gasteiger partial charge in [-0.15, -0.1) is 0 Å². The Bertz CT molecular complexity index is 292. The maximum absolute atomic E-state index is 9.69. The van der Waals surface area contributed by atoms with Gasteiger partial charge in [-0.05, 0) is 37.9 Å². The van der Waals surface area contributed by atoms with E-state index < -0.39 is 6.10 Å². The van der Waals surface area contributed by atoms with Gasteiger partial charge in [0, 0.05) is 13.2 Å². The van der Waals surface area contributed by atoms with Crippen LogP contribution in [0.2, 0.25) is 0 Å². The van der Waals surface area contributed by atoms with Crippen molar-refractivity contribution in [3.63, 3.8) is 0 Å². The Morgan fingerprint density at radius 3 is 2.61 bits per heavy atom. The fourth-order valence-corrected chi connectivity index (χ4v) is 1.58. The number of rotatable bonds is 10. The number of para-hydroxylation sites is 1. The molecule has 1 unspecified atom stereocenters. The molecule has 0 spiro atoms. The average molecular weight is 253 g/mol. The smallest absolute Gasteiger partial charge is 0.119 e. The Kier molecular flexibility index (Phi) is 8.21. The Morgan fingerprint density at radius 1 is 1.11 bits per heavy atom. The van der Waals surface area contributed by atoms with Crippen LogP contribution in [0, 0.1) is 0 Å². The van der Waals surface area contributed by atoms with E-state index in [1.165, 1.54) is 0 Å². The molecule has 0 aliphatic heterocycles. The molecule has 0 amide bonds. The first-order valence-electron chi connectivity index (χ1n) is 6.50. The summed E-state index contributed by atoms with van der Waals surface area (Å²) < 4.78 is 5.44. The molecule has 4 heteroatoms. The SMILES string of the molecule is OCCCCCNCC(O)COc1ccccc1. The molecule has 0 bridgehead atoms. The van der Waals surface area contributed by atoms with E-state index in [4.69, 9.17) is 9.84 Å². The predicted molar refractivity (Wildman–Crippen MR) is 71.8 cm³/mol. The van der Waals surface area contributed by atoms with Crippen molar-refractivity contribution in [2.75, 3.05) is 26.3 Å². The summed E-state index contributed by atoms with van der Waals surface area (Å²) in [6, 6.07) is 9.48. The Labute approximate surface area is 109 Å². The molecule has 18 heavy (non-hydrogen) atoms. The lowest BCUT2D eigenvalue weighted by Crippen LogP contribution is -2.32. The van der Waals surface area contributed by atoms with Crippen molar-refractivity contribution in [3.8, 4) is 5.75 Å². The third-order valence-corrected chi connectivity index (χ3v) is 2.58. The van der Waals surface area contributed by atoms with Gasteiger partial charge in [0.1, 0.15) is 18.5 Å². The van der Waals surface area contributed by atoms with Crippen LogP contribution in [0.3, 0.4) is 0 Å². The topological polar surface area (TPSA) is 61.7 Å². The molecular weight excluding hydrogens is 230 g/mol. The molecule has 0 aliphatic carbocycles. The van der Waals surface area contributed by atoms with Crippen LogP contribution in [0.1, 0.15) is 19.3 Å². The second-order valence-electron chi connectivity index (χ2n) is 4.27. The minimum atomic E-state index is -0.497. The van der Waals surface area contributed by atoms with Crippen LogP contribution in [0.4, 0.5) is 0 Å². The van der Waals surface area contributed by atoms with Gasteiger partial charge in [0.05, 0.1) is 0 Å². The van der Waals surface area contributed by atoms with Crippen molar-refractivity contribution in [1.29, 1.82) is 0 Å². The van der Waals surface area contributed by atoms with Crippen molar-refractivity contribution < 1.29 is 14.9 Å². The van der Waals surface area contributed by atoms with Crippen LogP contribution in [-0.4, -0.2) is 42.6 Å². The molecule has 0 heterocycles. The van der Waals surface area contributed by atoms with Crippen molar-refractivity contribution in [3.05, 3.63) is 30.3 Å². The van der Waals surface area contributed by atoms with E-state index in [-0.39, 0.29) is 6.61 Å². The summed E-state index contributed by atoms with van der Waals surface area (Å²) in [5.74, 6) is 0.777. The third kappa shape index (κ3) is 7.27. The monoisotopic (exact) mass is 253 g/mol. The molecular formula is C14H23NO3. The summed E-state index contributed by atoms with van der Waals surface area (Å²) in [4.78, 5) is 0. The van der Waals surface area contributed by atoms with E-state index in [9.17, 15) is 5.11 Å². The van der Waals surface area contributed by atoms with Crippen LogP contribution in [0.25, 0.3) is 0 Å². The number of unbranched alkanes of at least 4 members (excludes halogenated alkanes) is 2. The first-order chi connectivity index (χ1) is 8.83. The lowest BCUT2D eigenvalue weighted by molar-refractivity contribution is 0.106. The van der Waals surface area contributed by atoms with E-state index in [1.807, 2.05) is 30.3 Å². The van der Waals surface area contributed by atoms with Gasteiger partial charge in [0.2, 0.25) is 0 Å². The predicted octanol–water partition coefficient (Wildman–Crippen LogP) is 1.18. The largest absolute Gasteiger partial charge is 0.491 e. The van der Waals surface area contributed by atoms with Gasteiger partial charge in [-0.3, -0.25) is 0 Å². The lowest BCUT2D eigenvalue weighted by Gasteiger charge is -2.13. The van der Waals surface area contributed by atoms with Gasteiger partial charge in [-0.2, -0.15) is 0 Å². The Hall–Kier alpha value is -1.10. The highest BCUT2D eigenvalue weighted by Gasteiger charge is 2.04. The first-order valence-corrected chi connectivity index (χ1v) is 6.50. The van der Waals surface area contributed by atoms with Gasteiger partial charge < -0.3 is 20.3 Å². The van der Waals surface area contributed by atoms with Gasteiger partial charge >= 0.3 is 0 Å². The lowest BCUT2D eigenvalue weighted by atomic mass is 10.2. The quantitative estimate of drug-likeness (QED) is 0.548. The van der Waals surface area contributed by atoms with Crippen LogP contribution in [0.15, 0.2) is 30.3 Å². The van der Waals surface area contributed by atoms with Crippen molar-refractivity contribution in [2.45, 2.75) is 25.4 Å². The number of aliphatic hydroxyl groups excluding tert-OH is 2.